The van der Waals surface area contributed by atoms with E-state index in [1.54, 1.807) is 0 Å². The fraction of sp³-hybridized carbons (Fsp3) is 0.500. The maximum Gasteiger partial charge on any atom is 0.319 e. The number of carbonyl (C=O) groups is 1. The number of nitrogens with one attached hydrogen (secondary N) is 2. The second kappa shape index (κ2) is 6.40. The summed E-state index contributed by atoms with van der Waals surface area (Å²) in [5.41, 5.74) is 7.46. The topological polar surface area (TPSA) is 67.2 Å². The van der Waals surface area contributed by atoms with Gasteiger partial charge in [-0.3, -0.25) is 0 Å². The van der Waals surface area contributed by atoms with Crippen molar-refractivity contribution in [3.8, 4) is 0 Å². The van der Waals surface area contributed by atoms with Gasteiger partial charge in [0, 0.05) is 18.8 Å². The van der Waals surface area contributed by atoms with E-state index in [4.69, 9.17) is 5.73 Å². The number of nitrogens with two attached hydrogens (primary N) is 1. The molecule has 0 spiro atoms. The molecule has 100 valence electrons. The average Bonchev–Trinajstić information content (AvgIpc) is 2.37. The van der Waals surface area contributed by atoms with Gasteiger partial charge in [0.2, 0.25) is 0 Å². The Kier molecular flexibility index (Phi) is 5.16. The second-order valence-electron chi connectivity index (χ2n) is 5.23. The Hall–Kier alpha value is -1.55. The molecule has 0 fully saturated rings. The number of anilines is 1. The van der Waals surface area contributed by atoms with Gasteiger partial charge in [-0.05, 0) is 29.5 Å². The Morgan fingerprint density at radius 1 is 1.28 bits per heavy atom. The van der Waals surface area contributed by atoms with E-state index in [0.29, 0.717) is 13.1 Å². The van der Waals surface area contributed by atoms with Crippen LogP contribution in [-0.4, -0.2) is 12.6 Å². The summed E-state index contributed by atoms with van der Waals surface area (Å²) in [6.07, 6.45) is 1.03. The van der Waals surface area contributed by atoms with Gasteiger partial charge >= 0.3 is 6.03 Å². The lowest BCUT2D eigenvalue weighted by Gasteiger charge is -2.22. The van der Waals surface area contributed by atoms with Gasteiger partial charge in [-0.1, -0.05) is 32.9 Å². The van der Waals surface area contributed by atoms with Crippen LogP contribution in [0.1, 0.15) is 32.8 Å². The van der Waals surface area contributed by atoms with E-state index in [1.807, 2.05) is 24.3 Å². The lowest BCUT2D eigenvalue weighted by molar-refractivity contribution is 0.244. The largest absolute Gasteiger partial charge is 0.337 e. The van der Waals surface area contributed by atoms with E-state index >= 15 is 0 Å². The highest BCUT2D eigenvalue weighted by Crippen LogP contribution is 2.17. The van der Waals surface area contributed by atoms with Crippen molar-refractivity contribution < 1.29 is 4.79 Å². The van der Waals surface area contributed by atoms with Crippen LogP contribution in [0.3, 0.4) is 0 Å². The summed E-state index contributed by atoms with van der Waals surface area (Å²) in [5.74, 6) is 0. The number of hydrogen-bond donors (Lipinski definition) is 3. The number of hydrogen-bond acceptors (Lipinski definition) is 2. The summed E-state index contributed by atoms with van der Waals surface area (Å²) in [6.45, 7) is 7.55. The molecule has 0 radical (unpaired) electrons. The Morgan fingerprint density at radius 2 is 1.89 bits per heavy atom. The molecule has 2 amide bonds. The molecule has 0 aliphatic heterocycles. The first-order valence-corrected chi connectivity index (χ1v) is 6.31. The average molecular weight is 249 g/mol. The van der Waals surface area contributed by atoms with Gasteiger partial charge in [0.25, 0.3) is 0 Å². The minimum absolute atomic E-state index is 0.126. The van der Waals surface area contributed by atoms with Crippen molar-refractivity contribution in [2.45, 2.75) is 33.7 Å². The van der Waals surface area contributed by atoms with Gasteiger partial charge in [-0.25, -0.2) is 4.79 Å². The van der Waals surface area contributed by atoms with Crippen molar-refractivity contribution in [1.82, 2.24) is 5.32 Å². The Morgan fingerprint density at radius 3 is 2.39 bits per heavy atom. The molecule has 0 aromatic heterocycles. The van der Waals surface area contributed by atoms with E-state index in [0.717, 1.165) is 17.7 Å². The Bertz CT molecular complexity index is 385. The molecular weight excluding hydrogens is 226 g/mol. The highest BCUT2D eigenvalue weighted by atomic mass is 16.2. The van der Waals surface area contributed by atoms with Crippen LogP contribution in [0.25, 0.3) is 0 Å². The summed E-state index contributed by atoms with van der Waals surface area (Å²) >= 11 is 0. The summed E-state index contributed by atoms with van der Waals surface area (Å²) in [6, 6.07) is 7.36. The normalized spacial score (nSPS) is 11.1. The number of urea groups is 1. The standard InChI is InChI=1S/C14H23N3O/c1-4-14(2,3)10-16-13(18)17-12-7-5-11(9-15)6-8-12/h5-8H,4,9-10,15H2,1-3H3,(H2,16,17,18). The number of rotatable bonds is 5. The predicted octanol–water partition coefficient (Wildman–Crippen LogP) is 2.70. The first kappa shape index (κ1) is 14.5. The summed E-state index contributed by atoms with van der Waals surface area (Å²) in [7, 11) is 0. The molecule has 0 atom stereocenters. The first-order valence-electron chi connectivity index (χ1n) is 6.31. The van der Waals surface area contributed by atoms with Crippen molar-refractivity contribution in [2.24, 2.45) is 11.1 Å². The molecule has 4 heteroatoms. The maximum absolute atomic E-state index is 11.7. The van der Waals surface area contributed by atoms with Crippen LogP contribution >= 0.6 is 0 Å². The van der Waals surface area contributed by atoms with Gasteiger partial charge in [0.15, 0.2) is 0 Å². The molecule has 0 unspecified atom stereocenters. The van der Waals surface area contributed by atoms with Gasteiger partial charge in [0.05, 0.1) is 0 Å². The fourth-order valence-electron chi connectivity index (χ4n) is 1.34. The van der Waals surface area contributed by atoms with Gasteiger partial charge in [-0.15, -0.1) is 0 Å². The van der Waals surface area contributed by atoms with Gasteiger partial charge in [-0.2, -0.15) is 0 Å². The number of benzene rings is 1. The van der Waals surface area contributed by atoms with E-state index in [2.05, 4.69) is 31.4 Å². The molecule has 1 rings (SSSR count). The molecule has 0 saturated carbocycles. The van der Waals surface area contributed by atoms with Crippen molar-refractivity contribution in [1.29, 1.82) is 0 Å². The van der Waals surface area contributed by atoms with Crippen molar-refractivity contribution in [2.75, 3.05) is 11.9 Å². The van der Waals surface area contributed by atoms with Crippen LogP contribution in [0.4, 0.5) is 10.5 Å². The zero-order valence-electron chi connectivity index (χ0n) is 11.4. The zero-order valence-corrected chi connectivity index (χ0v) is 11.4. The van der Waals surface area contributed by atoms with Crippen LogP contribution in [-0.2, 0) is 6.54 Å². The monoisotopic (exact) mass is 249 g/mol. The molecule has 4 N–H and O–H groups in total. The number of amides is 2. The van der Waals surface area contributed by atoms with Crippen LogP contribution in [0.2, 0.25) is 0 Å². The lowest BCUT2D eigenvalue weighted by atomic mass is 9.90. The summed E-state index contributed by atoms with van der Waals surface area (Å²) < 4.78 is 0. The molecule has 0 saturated heterocycles. The highest BCUT2D eigenvalue weighted by molar-refractivity contribution is 5.89. The van der Waals surface area contributed by atoms with E-state index in [9.17, 15) is 4.79 Å². The third-order valence-corrected chi connectivity index (χ3v) is 3.13. The van der Waals surface area contributed by atoms with Crippen LogP contribution in [0, 0.1) is 5.41 Å². The third-order valence-electron chi connectivity index (χ3n) is 3.13. The van der Waals surface area contributed by atoms with E-state index in [1.165, 1.54) is 0 Å². The minimum atomic E-state index is -0.169. The Labute approximate surface area is 109 Å². The van der Waals surface area contributed by atoms with Gasteiger partial charge < -0.3 is 16.4 Å². The zero-order chi connectivity index (χ0) is 13.6. The van der Waals surface area contributed by atoms with Crippen molar-refractivity contribution in [3.63, 3.8) is 0 Å². The predicted molar refractivity (Wildman–Crippen MR) is 75.4 cm³/mol. The van der Waals surface area contributed by atoms with Crippen LogP contribution in [0.5, 0.6) is 0 Å². The quantitative estimate of drug-likeness (QED) is 0.751. The molecule has 1 aromatic carbocycles. The molecular formula is C14H23N3O. The minimum Gasteiger partial charge on any atom is -0.337 e. The highest BCUT2D eigenvalue weighted by Gasteiger charge is 2.15. The molecule has 4 nitrogen and oxygen atoms in total. The molecule has 0 heterocycles. The van der Waals surface area contributed by atoms with Crippen molar-refractivity contribution >= 4 is 11.7 Å². The second-order valence-corrected chi connectivity index (χ2v) is 5.23. The number of carbonyl (C=O) groups excluding carboxylic acids is 1. The summed E-state index contributed by atoms with van der Waals surface area (Å²) in [5, 5.41) is 5.68. The summed E-state index contributed by atoms with van der Waals surface area (Å²) in [4.78, 5) is 11.7. The smallest absolute Gasteiger partial charge is 0.319 e. The first-order chi connectivity index (χ1) is 8.46. The maximum atomic E-state index is 11.7. The molecule has 1 aromatic rings. The van der Waals surface area contributed by atoms with Gasteiger partial charge in [0.1, 0.15) is 0 Å². The van der Waals surface area contributed by atoms with Crippen LogP contribution < -0.4 is 16.4 Å². The third kappa shape index (κ3) is 4.75. The lowest BCUT2D eigenvalue weighted by Crippen LogP contribution is -2.36. The molecule has 0 aliphatic carbocycles. The molecule has 18 heavy (non-hydrogen) atoms. The SMILES string of the molecule is CCC(C)(C)CNC(=O)Nc1ccc(CN)cc1. The van der Waals surface area contributed by atoms with Crippen molar-refractivity contribution in [3.05, 3.63) is 29.8 Å². The van der Waals surface area contributed by atoms with E-state index in [-0.39, 0.29) is 11.4 Å². The fourth-order valence-corrected chi connectivity index (χ4v) is 1.34. The van der Waals surface area contributed by atoms with Crippen LogP contribution in [0.15, 0.2) is 24.3 Å². The molecule has 0 bridgehead atoms. The Balaban J connectivity index is 2.44. The molecule has 0 aliphatic rings. The van der Waals surface area contributed by atoms with E-state index < -0.39 is 0 Å².